The Kier molecular flexibility index (Phi) is 2.37. The molecule has 0 saturated heterocycles. The lowest BCUT2D eigenvalue weighted by Crippen LogP contribution is -2.00. The first-order valence-corrected chi connectivity index (χ1v) is 4.22. The molecule has 0 aliphatic rings. The Morgan fingerprint density at radius 3 is 2.60 bits per heavy atom. The summed E-state index contributed by atoms with van der Waals surface area (Å²) in [6, 6.07) is 6.55. The molecule has 1 heterocycles. The van der Waals surface area contributed by atoms with Crippen molar-refractivity contribution in [2.75, 3.05) is 0 Å². The van der Waals surface area contributed by atoms with Gasteiger partial charge < -0.3 is 0 Å². The van der Waals surface area contributed by atoms with E-state index in [4.69, 9.17) is 0 Å². The number of para-hydroxylation sites is 1. The summed E-state index contributed by atoms with van der Waals surface area (Å²) in [6.07, 6.45) is -2.32. The third-order valence-electron chi connectivity index (χ3n) is 1.96. The van der Waals surface area contributed by atoms with Gasteiger partial charge in [0.2, 0.25) is 0 Å². The van der Waals surface area contributed by atoms with Crippen LogP contribution in [-0.4, -0.2) is 16.3 Å². The van der Waals surface area contributed by atoms with E-state index in [0.29, 0.717) is 17.2 Å². The number of aromatic nitrogens is 2. The highest BCUT2D eigenvalue weighted by atomic mass is 19.3. The molecule has 0 amide bonds. The summed E-state index contributed by atoms with van der Waals surface area (Å²) >= 11 is 0. The van der Waals surface area contributed by atoms with Crippen molar-refractivity contribution < 1.29 is 13.6 Å². The molecule has 1 aromatic carbocycles. The third-order valence-corrected chi connectivity index (χ3v) is 1.96. The molecule has 0 bridgehead atoms. The number of carbonyl (C=O) groups is 1. The number of carbonyl (C=O) groups excluding carboxylic acids is 1. The Labute approximate surface area is 83.8 Å². The zero-order chi connectivity index (χ0) is 10.8. The molecule has 0 saturated carbocycles. The van der Waals surface area contributed by atoms with E-state index in [2.05, 4.69) is 9.97 Å². The lowest BCUT2D eigenvalue weighted by Gasteiger charge is -2.03. The standard InChI is InChI=1S/C10H6F2N2O/c11-9(12)10-13-7-4-2-1-3-6(7)8(5-15)14-10/h1-5,9H. The molecule has 0 fully saturated rings. The molecule has 76 valence electrons. The van der Waals surface area contributed by atoms with Gasteiger partial charge >= 0.3 is 0 Å². The summed E-state index contributed by atoms with van der Waals surface area (Å²) in [5.41, 5.74) is 0.348. The summed E-state index contributed by atoms with van der Waals surface area (Å²) in [5.74, 6) is -0.615. The highest BCUT2D eigenvalue weighted by Gasteiger charge is 2.14. The number of hydrogen-bond donors (Lipinski definition) is 0. The van der Waals surface area contributed by atoms with Crippen LogP contribution < -0.4 is 0 Å². The molecule has 0 atom stereocenters. The molecule has 0 aliphatic heterocycles. The molecule has 0 spiro atoms. The van der Waals surface area contributed by atoms with Gasteiger partial charge in [-0.2, -0.15) is 0 Å². The summed E-state index contributed by atoms with van der Waals surface area (Å²) in [7, 11) is 0. The molecule has 2 aromatic rings. The second kappa shape index (κ2) is 3.68. The molecule has 3 nitrogen and oxygen atoms in total. The van der Waals surface area contributed by atoms with E-state index in [1.54, 1.807) is 24.3 Å². The fourth-order valence-electron chi connectivity index (χ4n) is 1.31. The molecular weight excluding hydrogens is 202 g/mol. The van der Waals surface area contributed by atoms with E-state index < -0.39 is 12.2 Å². The lowest BCUT2D eigenvalue weighted by molar-refractivity contribution is 0.111. The number of aldehydes is 1. The van der Waals surface area contributed by atoms with Gasteiger partial charge in [-0.15, -0.1) is 0 Å². The zero-order valence-corrected chi connectivity index (χ0v) is 7.52. The fraction of sp³-hybridized carbons (Fsp3) is 0.100. The highest BCUT2D eigenvalue weighted by molar-refractivity contribution is 5.94. The topological polar surface area (TPSA) is 42.9 Å². The number of fused-ring (bicyclic) bond motifs is 1. The van der Waals surface area contributed by atoms with E-state index in [9.17, 15) is 13.6 Å². The van der Waals surface area contributed by atoms with Crippen LogP contribution in [0.4, 0.5) is 8.78 Å². The van der Waals surface area contributed by atoms with Crippen molar-refractivity contribution in [2.45, 2.75) is 6.43 Å². The summed E-state index contributed by atoms with van der Waals surface area (Å²) in [4.78, 5) is 17.8. The Balaban J connectivity index is 2.77. The number of halogens is 2. The van der Waals surface area contributed by atoms with E-state index in [1.165, 1.54) is 0 Å². The number of nitrogens with zero attached hydrogens (tertiary/aromatic N) is 2. The van der Waals surface area contributed by atoms with Gasteiger partial charge in [0, 0.05) is 5.39 Å². The van der Waals surface area contributed by atoms with Crippen LogP contribution in [0.3, 0.4) is 0 Å². The predicted molar refractivity (Wildman–Crippen MR) is 49.9 cm³/mol. The first kappa shape index (κ1) is 9.64. The van der Waals surface area contributed by atoms with Gasteiger partial charge in [0.05, 0.1) is 5.52 Å². The van der Waals surface area contributed by atoms with Crippen LogP contribution in [-0.2, 0) is 0 Å². The van der Waals surface area contributed by atoms with Gasteiger partial charge in [-0.3, -0.25) is 4.79 Å². The van der Waals surface area contributed by atoms with Crippen LogP contribution in [0, 0.1) is 0 Å². The number of benzene rings is 1. The normalized spacial score (nSPS) is 10.9. The van der Waals surface area contributed by atoms with Gasteiger partial charge in [0.15, 0.2) is 12.1 Å². The van der Waals surface area contributed by atoms with Crippen LogP contribution in [0.5, 0.6) is 0 Å². The average Bonchev–Trinajstić information content (AvgIpc) is 2.27. The Morgan fingerprint density at radius 2 is 1.93 bits per heavy atom. The number of alkyl halides is 2. The summed E-state index contributed by atoms with van der Waals surface area (Å²) < 4.78 is 24.7. The molecule has 2 rings (SSSR count). The molecule has 15 heavy (non-hydrogen) atoms. The first-order valence-electron chi connectivity index (χ1n) is 4.22. The smallest absolute Gasteiger partial charge is 0.296 e. The van der Waals surface area contributed by atoms with Crippen LogP contribution in [0.1, 0.15) is 22.7 Å². The molecule has 0 N–H and O–H groups in total. The molecule has 1 aromatic heterocycles. The number of hydrogen-bond acceptors (Lipinski definition) is 3. The van der Waals surface area contributed by atoms with Crippen LogP contribution in [0.25, 0.3) is 10.9 Å². The maximum Gasteiger partial charge on any atom is 0.297 e. The van der Waals surface area contributed by atoms with Crippen molar-refractivity contribution in [1.29, 1.82) is 0 Å². The summed E-state index contributed by atoms with van der Waals surface area (Å²) in [6.45, 7) is 0. The molecule has 0 unspecified atom stereocenters. The summed E-state index contributed by atoms with van der Waals surface area (Å²) in [5, 5.41) is 0.483. The Hall–Kier alpha value is -1.91. The average molecular weight is 208 g/mol. The SMILES string of the molecule is O=Cc1nc(C(F)F)nc2ccccc12. The minimum absolute atomic E-state index is 0.00380. The third kappa shape index (κ3) is 1.68. The van der Waals surface area contributed by atoms with E-state index >= 15 is 0 Å². The second-order valence-corrected chi connectivity index (χ2v) is 2.90. The minimum atomic E-state index is -2.77. The monoisotopic (exact) mass is 208 g/mol. The van der Waals surface area contributed by atoms with Gasteiger partial charge in [-0.05, 0) is 6.07 Å². The van der Waals surface area contributed by atoms with E-state index in [-0.39, 0.29) is 5.69 Å². The van der Waals surface area contributed by atoms with Gasteiger partial charge in [-0.25, -0.2) is 18.7 Å². The Bertz CT molecular complexity index is 514. The maximum absolute atomic E-state index is 12.4. The van der Waals surface area contributed by atoms with Crippen LogP contribution in [0.2, 0.25) is 0 Å². The van der Waals surface area contributed by atoms with Crippen LogP contribution >= 0.6 is 0 Å². The molecular formula is C10H6F2N2O. The highest BCUT2D eigenvalue weighted by Crippen LogP contribution is 2.19. The first-order chi connectivity index (χ1) is 7.22. The molecule has 5 heteroatoms. The van der Waals surface area contributed by atoms with Crippen molar-refractivity contribution in [3.05, 3.63) is 35.8 Å². The predicted octanol–water partition coefficient (Wildman–Crippen LogP) is 2.38. The van der Waals surface area contributed by atoms with Crippen molar-refractivity contribution in [3.63, 3.8) is 0 Å². The quantitative estimate of drug-likeness (QED) is 0.711. The zero-order valence-electron chi connectivity index (χ0n) is 7.52. The van der Waals surface area contributed by atoms with Gasteiger partial charge in [0.25, 0.3) is 6.43 Å². The Morgan fingerprint density at radius 1 is 1.20 bits per heavy atom. The van der Waals surface area contributed by atoms with E-state index in [1.807, 2.05) is 0 Å². The molecule has 0 radical (unpaired) electrons. The van der Waals surface area contributed by atoms with Gasteiger partial charge in [0.1, 0.15) is 5.69 Å². The maximum atomic E-state index is 12.4. The fourth-order valence-corrected chi connectivity index (χ4v) is 1.31. The van der Waals surface area contributed by atoms with Crippen LogP contribution in [0.15, 0.2) is 24.3 Å². The second-order valence-electron chi connectivity index (χ2n) is 2.90. The van der Waals surface area contributed by atoms with Crippen molar-refractivity contribution in [1.82, 2.24) is 9.97 Å². The molecule has 0 aliphatic carbocycles. The largest absolute Gasteiger partial charge is 0.297 e. The van der Waals surface area contributed by atoms with Crippen molar-refractivity contribution in [2.24, 2.45) is 0 Å². The van der Waals surface area contributed by atoms with Gasteiger partial charge in [-0.1, -0.05) is 18.2 Å². The van der Waals surface area contributed by atoms with E-state index in [0.717, 1.165) is 0 Å². The van der Waals surface area contributed by atoms with Crippen molar-refractivity contribution >= 4 is 17.2 Å². The number of rotatable bonds is 2. The van der Waals surface area contributed by atoms with Crippen molar-refractivity contribution in [3.8, 4) is 0 Å². The lowest BCUT2D eigenvalue weighted by atomic mass is 10.2. The minimum Gasteiger partial charge on any atom is -0.296 e.